The van der Waals surface area contributed by atoms with Gasteiger partial charge in [-0.25, -0.2) is 4.39 Å². The number of aryl methyl sites for hydroxylation is 1. The van der Waals surface area contributed by atoms with E-state index in [4.69, 9.17) is 0 Å². The molecule has 0 aliphatic rings. The average Bonchev–Trinajstić information content (AvgIpc) is 3.23. The molecule has 0 unspecified atom stereocenters. The Morgan fingerprint density at radius 1 is 1.24 bits per heavy atom. The number of carbonyl (C=O) groups excluding carboxylic acids is 1. The number of nitrogens with zero attached hydrogens (tertiary/aromatic N) is 4. The number of carbonyl (C=O) groups is 1. The van der Waals surface area contributed by atoms with Gasteiger partial charge >= 0.3 is 0 Å². The molecule has 2 heterocycles. The van der Waals surface area contributed by atoms with E-state index in [9.17, 15) is 9.18 Å². The number of hydrogen-bond acceptors (Lipinski definition) is 4. The Hall–Kier alpha value is -2.67. The molecule has 152 valence electrons. The average molecular weight is 413 g/mol. The maximum Gasteiger partial charge on any atom is 0.192 e. The van der Waals surface area contributed by atoms with Crippen LogP contribution in [0.4, 0.5) is 4.39 Å². The van der Waals surface area contributed by atoms with E-state index in [2.05, 4.69) is 28.3 Å². The van der Waals surface area contributed by atoms with E-state index in [1.54, 1.807) is 28.8 Å². The summed E-state index contributed by atoms with van der Waals surface area (Å²) in [6.45, 7) is 11.2. The topological polar surface area (TPSA) is 52.7 Å². The van der Waals surface area contributed by atoms with Crippen LogP contribution in [0.15, 0.2) is 48.1 Å². The van der Waals surface area contributed by atoms with E-state index in [1.807, 2.05) is 19.9 Å². The molecule has 0 spiro atoms. The highest BCUT2D eigenvalue weighted by atomic mass is 32.2. The molecule has 3 rings (SSSR count). The Morgan fingerprint density at radius 3 is 2.69 bits per heavy atom. The fourth-order valence-electron chi connectivity index (χ4n) is 3.39. The SMILES string of the molecule is C=CCn1c(SCC(=O)c2cc(C)n(CCC)c2C)nnc1-c1ccccc1F. The molecule has 0 saturated carbocycles. The Labute approximate surface area is 174 Å². The van der Waals surface area contributed by atoms with Crippen LogP contribution in [0.25, 0.3) is 11.4 Å². The van der Waals surface area contributed by atoms with Crippen LogP contribution in [0.2, 0.25) is 0 Å². The van der Waals surface area contributed by atoms with Crippen LogP contribution < -0.4 is 0 Å². The largest absolute Gasteiger partial charge is 0.348 e. The molecule has 0 N–H and O–H groups in total. The number of aromatic nitrogens is 4. The van der Waals surface area contributed by atoms with Gasteiger partial charge in [-0.05, 0) is 38.5 Å². The molecule has 5 nitrogen and oxygen atoms in total. The number of Topliss-reactive ketones (excluding diaryl/α,β-unsaturated/α-hetero) is 1. The van der Waals surface area contributed by atoms with Crippen molar-refractivity contribution in [3.05, 3.63) is 65.8 Å². The summed E-state index contributed by atoms with van der Waals surface area (Å²) in [6, 6.07) is 8.41. The zero-order valence-corrected chi connectivity index (χ0v) is 17.8. The molecule has 0 aliphatic heterocycles. The maximum atomic E-state index is 14.2. The second-order valence-corrected chi connectivity index (χ2v) is 7.78. The van der Waals surface area contributed by atoms with Crippen LogP contribution in [0.3, 0.4) is 0 Å². The van der Waals surface area contributed by atoms with Crippen molar-refractivity contribution in [2.75, 3.05) is 5.75 Å². The first-order valence-electron chi connectivity index (χ1n) is 9.59. The molecule has 29 heavy (non-hydrogen) atoms. The van der Waals surface area contributed by atoms with Crippen molar-refractivity contribution in [1.29, 1.82) is 0 Å². The predicted molar refractivity (Wildman–Crippen MR) is 115 cm³/mol. The molecule has 3 aromatic rings. The first-order chi connectivity index (χ1) is 14.0. The van der Waals surface area contributed by atoms with Gasteiger partial charge < -0.3 is 4.57 Å². The Balaban J connectivity index is 1.83. The number of allylic oxidation sites excluding steroid dienone is 1. The lowest BCUT2D eigenvalue weighted by Gasteiger charge is -2.09. The Morgan fingerprint density at radius 2 is 2.00 bits per heavy atom. The van der Waals surface area contributed by atoms with Crippen LogP contribution >= 0.6 is 11.8 Å². The number of benzene rings is 1. The van der Waals surface area contributed by atoms with Gasteiger partial charge in [0.1, 0.15) is 5.82 Å². The molecule has 0 atom stereocenters. The van der Waals surface area contributed by atoms with E-state index in [0.717, 1.165) is 29.9 Å². The van der Waals surface area contributed by atoms with E-state index < -0.39 is 0 Å². The molecule has 1 aromatic carbocycles. The standard InChI is InChI=1S/C22H25FN4OS/c1-5-11-26-15(3)13-18(16(26)4)20(28)14-29-22-25-24-21(27(22)12-6-2)17-9-7-8-10-19(17)23/h6-10,13H,2,5,11-12,14H2,1,3-4H3. The van der Waals surface area contributed by atoms with Crippen molar-refractivity contribution in [2.24, 2.45) is 0 Å². The van der Waals surface area contributed by atoms with E-state index in [0.29, 0.717) is 23.1 Å². The molecular weight excluding hydrogens is 387 g/mol. The predicted octanol–water partition coefficient (Wildman–Crippen LogP) is 5.07. The number of rotatable bonds is 9. The van der Waals surface area contributed by atoms with E-state index in [-0.39, 0.29) is 17.4 Å². The van der Waals surface area contributed by atoms with Crippen molar-refractivity contribution >= 4 is 17.5 Å². The van der Waals surface area contributed by atoms with Crippen molar-refractivity contribution < 1.29 is 9.18 Å². The molecule has 0 amide bonds. The molecule has 0 aliphatic carbocycles. The second kappa shape index (κ2) is 9.22. The summed E-state index contributed by atoms with van der Waals surface area (Å²) in [4.78, 5) is 12.8. The lowest BCUT2D eigenvalue weighted by Crippen LogP contribution is -2.08. The van der Waals surface area contributed by atoms with Crippen molar-refractivity contribution in [2.45, 2.75) is 45.4 Å². The highest BCUT2D eigenvalue weighted by molar-refractivity contribution is 7.99. The van der Waals surface area contributed by atoms with Gasteiger partial charge in [-0.2, -0.15) is 0 Å². The fourth-order valence-corrected chi connectivity index (χ4v) is 4.22. The molecule has 0 saturated heterocycles. The highest BCUT2D eigenvalue weighted by Crippen LogP contribution is 2.27. The van der Waals surface area contributed by atoms with Crippen LogP contribution in [-0.4, -0.2) is 30.9 Å². The van der Waals surface area contributed by atoms with Crippen LogP contribution in [0.1, 0.15) is 35.1 Å². The van der Waals surface area contributed by atoms with Gasteiger partial charge in [-0.1, -0.05) is 36.9 Å². The summed E-state index contributed by atoms with van der Waals surface area (Å²) in [5.74, 6) is 0.356. The van der Waals surface area contributed by atoms with Gasteiger partial charge in [0.15, 0.2) is 16.8 Å². The van der Waals surface area contributed by atoms with Crippen LogP contribution in [0.5, 0.6) is 0 Å². The third-order valence-electron chi connectivity index (χ3n) is 4.80. The third-order valence-corrected chi connectivity index (χ3v) is 5.76. The maximum absolute atomic E-state index is 14.2. The quantitative estimate of drug-likeness (QED) is 0.280. The molecule has 2 aromatic heterocycles. The lowest BCUT2D eigenvalue weighted by molar-refractivity contribution is 0.102. The number of thioether (sulfide) groups is 1. The van der Waals surface area contributed by atoms with Gasteiger partial charge in [-0.3, -0.25) is 9.36 Å². The molecule has 7 heteroatoms. The minimum Gasteiger partial charge on any atom is -0.348 e. The van der Waals surface area contributed by atoms with Crippen molar-refractivity contribution in [3.63, 3.8) is 0 Å². The second-order valence-electron chi connectivity index (χ2n) is 6.83. The van der Waals surface area contributed by atoms with Crippen LogP contribution in [0, 0.1) is 19.7 Å². The minimum atomic E-state index is -0.360. The van der Waals surface area contributed by atoms with Crippen LogP contribution in [-0.2, 0) is 13.1 Å². The van der Waals surface area contributed by atoms with Gasteiger partial charge in [0.2, 0.25) is 0 Å². The molecule has 0 fully saturated rings. The number of hydrogen-bond donors (Lipinski definition) is 0. The normalized spacial score (nSPS) is 11.0. The van der Waals surface area contributed by atoms with Gasteiger partial charge in [-0.15, -0.1) is 16.8 Å². The first kappa shape index (κ1) is 21.0. The highest BCUT2D eigenvalue weighted by Gasteiger charge is 2.19. The molecule has 0 radical (unpaired) electrons. The lowest BCUT2D eigenvalue weighted by atomic mass is 10.2. The van der Waals surface area contributed by atoms with Crippen molar-refractivity contribution in [3.8, 4) is 11.4 Å². The monoisotopic (exact) mass is 412 g/mol. The number of halogens is 1. The summed E-state index contributed by atoms with van der Waals surface area (Å²) in [5.41, 5.74) is 3.21. The zero-order valence-electron chi connectivity index (χ0n) is 17.0. The summed E-state index contributed by atoms with van der Waals surface area (Å²) in [6.07, 6.45) is 2.72. The summed E-state index contributed by atoms with van der Waals surface area (Å²) < 4.78 is 18.2. The zero-order chi connectivity index (χ0) is 21.0. The summed E-state index contributed by atoms with van der Waals surface area (Å²) in [7, 11) is 0. The summed E-state index contributed by atoms with van der Waals surface area (Å²) >= 11 is 1.31. The smallest absolute Gasteiger partial charge is 0.192 e. The van der Waals surface area contributed by atoms with Gasteiger partial charge in [0.25, 0.3) is 0 Å². The van der Waals surface area contributed by atoms with Gasteiger partial charge in [0.05, 0.1) is 11.3 Å². The number of ketones is 1. The summed E-state index contributed by atoms with van der Waals surface area (Å²) in [5, 5.41) is 8.93. The third kappa shape index (κ3) is 4.34. The first-order valence-corrected chi connectivity index (χ1v) is 10.6. The minimum absolute atomic E-state index is 0.0473. The van der Waals surface area contributed by atoms with Crippen molar-refractivity contribution in [1.82, 2.24) is 19.3 Å². The van der Waals surface area contributed by atoms with E-state index >= 15 is 0 Å². The fraction of sp³-hybridized carbons (Fsp3) is 0.318. The molecule has 0 bridgehead atoms. The Kier molecular flexibility index (Phi) is 6.69. The van der Waals surface area contributed by atoms with Gasteiger partial charge in [0, 0.05) is 30.0 Å². The van der Waals surface area contributed by atoms with E-state index in [1.165, 1.54) is 17.8 Å². The molecular formula is C22H25FN4OS. The Bertz CT molecular complexity index is 1040.